The molecule has 0 bridgehead atoms. The van der Waals surface area contributed by atoms with Gasteiger partial charge in [0.25, 0.3) is 16.0 Å². The van der Waals surface area contributed by atoms with E-state index in [0.29, 0.717) is 12.2 Å². The first-order valence-corrected chi connectivity index (χ1v) is 16.8. The van der Waals surface area contributed by atoms with E-state index in [1.165, 1.54) is 83.5 Å². The topological polar surface area (TPSA) is 101 Å². The average molecular weight is 553 g/mol. The standard InChI is InChI=1S/C29H52N4O4S/c1-38(35,36)37-25-17-15-13-11-9-7-5-3-2-4-6-8-10-12-14-16-20-31-29(34)27-18-19-28(32-26-27)33-23-21-30-22-24-33/h18-19,26,30H,2-17,20-25H2,1H3,(H,31,34). The number of aromatic nitrogens is 1. The van der Waals surface area contributed by atoms with Gasteiger partial charge in [-0.15, -0.1) is 0 Å². The van der Waals surface area contributed by atoms with Crippen molar-refractivity contribution in [2.24, 2.45) is 0 Å². The van der Waals surface area contributed by atoms with E-state index in [1.807, 2.05) is 12.1 Å². The molecule has 8 nitrogen and oxygen atoms in total. The Morgan fingerprint density at radius 2 is 1.34 bits per heavy atom. The van der Waals surface area contributed by atoms with Gasteiger partial charge in [-0.2, -0.15) is 8.42 Å². The third kappa shape index (κ3) is 16.3. The number of unbranched alkanes of at least 4 members (excludes halogenated alkanes) is 15. The number of hydrogen-bond acceptors (Lipinski definition) is 7. The second kappa shape index (κ2) is 20.2. The normalized spacial score (nSPS) is 14.1. The van der Waals surface area contributed by atoms with Crippen LogP contribution in [0, 0.1) is 0 Å². The molecule has 2 heterocycles. The maximum atomic E-state index is 12.3. The molecule has 0 radical (unpaired) electrons. The fourth-order valence-electron chi connectivity index (χ4n) is 4.82. The molecular formula is C29H52N4O4S. The van der Waals surface area contributed by atoms with E-state index in [2.05, 4.69) is 20.5 Å². The third-order valence-electron chi connectivity index (χ3n) is 7.11. The fraction of sp³-hybridized carbons (Fsp3) is 0.793. The van der Waals surface area contributed by atoms with E-state index in [1.54, 1.807) is 6.20 Å². The zero-order valence-electron chi connectivity index (χ0n) is 23.7. The van der Waals surface area contributed by atoms with Crippen LogP contribution in [-0.2, 0) is 14.3 Å². The van der Waals surface area contributed by atoms with Crippen LogP contribution in [0.2, 0.25) is 0 Å². The van der Waals surface area contributed by atoms with Crippen molar-refractivity contribution < 1.29 is 17.4 Å². The van der Waals surface area contributed by atoms with E-state index in [-0.39, 0.29) is 5.91 Å². The van der Waals surface area contributed by atoms with Gasteiger partial charge in [-0.1, -0.05) is 89.9 Å². The van der Waals surface area contributed by atoms with Crippen LogP contribution >= 0.6 is 0 Å². The minimum absolute atomic E-state index is 0.0265. The van der Waals surface area contributed by atoms with Crippen molar-refractivity contribution in [3.63, 3.8) is 0 Å². The van der Waals surface area contributed by atoms with Crippen molar-refractivity contribution in [1.29, 1.82) is 0 Å². The molecule has 1 aliphatic rings. The Balaban J connectivity index is 1.30. The van der Waals surface area contributed by atoms with Crippen molar-refractivity contribution >= 4 is 21.8 Å². The smallest absolute Gasteiger partial charge is 0.264 e. The molecule has 1 aromatic rings. The Kier molecular flexibility index (Phi) is 17.3. The van der Waals surface area contributed by atoms with Crippen LogP contribution in [0.3, 0.4) is 0 Å². The number of rotatable bonds is 22. The molecule has 0 saturated carbocycles. The highest BCUT2D eigenvalue weighted by Crippen LogP contribution is 2.14. The lowest BCUT2D eigenvalue weighted by Crippen LogP contribution is -2.43. The van der Waals surface area contributed by atoms with Gasteiger partial charge >= 0.3 is 0 Å². The lowest BCUT2D eigenvalue weighted by Gasteiger charge is -2.28. The molecule has 0 unspecified atom stereocenters. The van der Waals surface area contributed by atoms with Crippen LogP contribution in [-0.4, -0.2) is 64.9 Å². The minimum atomic E-state index is -3.28. The van der Waals surface area contributed by atoms with Gasteiger partial charge in [0, 0.05) is 38.9 Å². The van der Waals surface area contributed by atoms with Gasteiger partial charge in [-0.25, -0.2) is 4.98 Å². The maximum absolute atomic E-state index is 12.3. The summed E-state index contributed by atoms with van der Waals surface area (Å²) in [6.07, 6.45) is 22.5. The molecular weight excluding hydrogens is 500 g/mol. The number of amides is 1. The van der Waals surface area contributed by atoms with E-state index in [4.69, 9.17) is 4.18 Å². The highest BCUT2D eigenvalue weighted by atomic mass is 32.2. The van der Waals surface area contributed by atoms with Gasteiger partial charge in [0.1, 0.15) is 5.82 Å². The van der Waals surface area contributed by atoms with Gasteiger partial charge in [0.05, 0.1) is 18.4 Å². The summed E-state index contributed by atoms with van der Waals surface area (Å²) in [5.41, 5.74) is 0.637. The Bertz CT molecular complexity index is 843. The van der Waals surface area contributed by atoms with Crippen molar-refractivity contribution in [3.8, 4) is 0 Å². The van der Waals surface area contributed by atoms with Crippen LogP contribution < -0.4 is 15.5 Å². The van der Waals surface area contributed by atoms with E-state index in [9.17, 15) is 13.2 Å². The van der Waals surface area contributed by atoms with E-state index >= 15 is 0 Å². The highest BCUT2D eigenvalue weighted by Gasteiger charge is 2.12. The molecule has 1 aromatic heterocycles. The molecule has 1 saturated heterocycles. The number of nitrogens with zero attached hydrogens (tertiary/aromatic N) is 2. The lowest BCUT2D eigenvalue weighted by molar-refractivity contribution is 0.0952. The number of anilines is 1. The quantitative estimate of drug-likeness (QED) is 0.146. The molecule has 0 aliphatic carbocycles. The van der Waals surface area contributed by atoms with Gasteiger partial charge < -0.3 is 15.5 Å². The van der Waals surface area contributed by atoms with Gasteiger partial charge in [-0.3, -0.25) is 8.98 Å². The van der Waals surface area contributed by atoms with Crippen LogP contribution in [0.5, 0.6) is 0 Å². The van der Waals surface area contributed by atoms with Crippen molar-refractivity contribution in [1.82, 2.24) is 15.6 Å². The number of carbonyl (C=O) groups excluding carboxylic acids is 1. The molecule has 1 amide bonds. The molecule has 38 heavy (non-hydrogen) atoms. The van der Waals surface area contributed by atoms with Crippen LogP contribution in [0.25, 0.3) is 0 Å². The minimum Gasteiger partial charge on any atom is -0.354 e. The van der Waals surface area contributed by atoms with Crippen molar-refractivity contribution in [3.05, 3.63) is 23.9 Å². The number of carbonyl (C=O) groups is 1. The summed E-state index contributed by atoms with van der Waals surface area (Å²) in [5.74, 6) is 0.921. The largest absolute Gasteiger partial charge is 0.354 e. The predicted molar refractivity (Wildman–Crippen MR) is 156 cm³/mol. The summed E-state index contributed by atoms with van der Waals surface area (Å²) >= 11 is 0. The first-order valence-electron chi connectivity index (χ1n) is 15.0. The summed E-state index contributed by atoms with van der Waals surface area (Å²) in [6.45, 7) is 4.91. The number of nitrogens with one attached hydrogen (secondary N) is 2. The maximum Gasteiger partial charge on any atom is 0.264 e. The second-order valence-corrected chi connectivity index (χ2v) is 12.2. The summed E-state index contributed by atoms with van der Waals surface area (Å²) < 4.78 is 26.5. The van der Waals surface area contributed by atoms with Crippen LogP contribution in [0.15, 0.2) is 18.3 Å². The Morgan fingerprint density at radius 3 is 1.82 bits per heavy atom. The molecule has 0 atom stereocenters. The van der Waals surface area contributed by atoms with Crippen molar-refractivity contribution in [2.75, 3.05) is 50.5 Å². The highest BCUT2D eigenvalue weighted by molar-refractivity contribution is 7.85. The van der Waals surface area contributed by atoms with Gasteiger partial charge in [0.2, 0.25) is 0 Å². The molecule has 9 heteroatoms. The van der Waals surface area contributed by atoms with Crippen molar-refractivity contribution in [2.45, 2.75) is 103 Å². The molecule has 218 valence electrons. The predicted octanol–water partition coefficient (Wildman–Crippen LogP) is 5.44. The molecule has 0 aromatic carbocycles. The monoisotopic (exact) mass is 552 g/mol. The molecule has 0 spiro atoms. The van der Waals surface area contributed by atoms with Gasteiger partial charge in [0.15, 0.2) is 0 Å². The molecule has 1 fully saturated rings. The zero-order chi connectivity index (χ0) is 27.3. The van der Waals surface area contributed by atoms with E-state index < -0.39 is 10.1 Å². The summed E-state index contributed by atoms with van der Waals surface area (Å²) in [7, 11) is -3.28. The summed E-state index contributed by atoms with van der Waals surface area (Å²) in [6, 6.07) is 3.83. The number of piperazine rings is 1. The summed E-state index contributed by atoms with van der Waals surface area (Å²) in [4.78, 5) is 19.1. The summed E-state index contributed by atoms with van der Waals surface area (Å²) in [5, 5.41) is 6.37. The second-order valence-electron chi connectivity index (χ2n) is 10.6. The van der Waals surface area contributed by atoms with E-state index in [0.717, 1.165) is 64.1 Å². The van der Waals surface area contributed by atoms with Crippen LogP contribution in [0.4, 0.5) is 5.82 Å². The Morgan fingerprint density at radius 1 is 0.842 bits per heavy atom. The molecule has 1 aliphatic heterocycles. The number of pyridine rings is 1. The first kappa shape index (κ1) is 32.5. The SMILES string of the molecule is CS(=O)(=O)OCCCCCCCCCCCCCCCCCCNC(=O)c1ccc(N2CCNCC2)nc1. The fourth-order valence-corrected chi connectivity index (χ4v) is 5.24. The average Bonchev–Trinajstić information content (AvgIpc) is 2.92. The first-order chi connectivity index (χ1) is 18.5. The third-order valence-corrected chi connectivity index (χ3v) is 7.70. The lowest BCUT2D eigenvalue weighted by atomic mass is 10.0. The molecule has 2 N–H and O–H groups in total. The van der Waals surface area contributed by atoms with Gasteiger partial charge in [-0.05, 0) is 25.0 Å². The van der Waals surface area contributed by atoms with Crippen LogP contribution in [0.1, 0.15) is 113 Å². The Hall–Kier alpha value is -1.71. The number of hydrogen-bond donors (Lipinski definition) is 2. The zero-order valence-corrected chi connectivity index (χ0v) is 24.5. The Labute approximate surface area is 231 Å². The molecule has 2 rings (SSSR count).